The van der Waals surface area contributed by atoms with Crippen LogP contribution >= 0.6 is 8.60 Å². The van der Waals surface area contributed by atoms with E-state index in [9.17, 15) is 0 Å². The van der Waals surface area contributed by atoms with Crippen LogP contribution in [0.2, 0.25) is 0 Å². The third-order valence-corrected chi connectivity index (χ3v) is 4.63. The summed E-state index contributed by atoms with van der Waals surface area (Å²) in [5.74, 6) is 0. The predicted octanol–water partition coefficient (Wildman–Crippen LogP) is 5.88. The van der Waals surface area contributed by atoms with E-state index < -0.39 is 14.7 Å². The molecular formula is C23H37O5P. The molecule has 1 aliphatic rings. The zero-order valence-corrected chi connectivity index (χ0v) is 18.5. The van der Waals surface area contributed by atoms with Gasteiger partial charge in [-0.2, -0.15) is 0 Å². The number of rotatable bonds is 15. The molecule has 1 rings (SSSR count). The van der Waals surface area contributed by atoms with E-state index in [4.69, 9.17) is 23.8 Å². The summed E-state index contributed by atoms with van der Waals surface area (Å²) in [5.41, 5.74) is 0. The predicted molar refractivity (Wildman–Crippen MR) is 120 cm³/mol. The van der Waals surface area contributed by atoms with Crippen LogP contribution in [0.3, 0.4) is 0 Å². The van der Waals surface area contributed by atoms with Gasteiger partial charge in [-0.25, -0.2) is 0 Å². The highest BCUT2D eigenvalue weighted by Gasteiger charge is 2.24. The van der Waals surface area contributed by atoms with Crippen molar-refractivity contribution < 1.29 is 23.8 Å². The van der Waals surface area contributed by atoms with Crippen molar-refractivity contribution >= 4 is 8.60 Å². The molecule has 1 fully saturated rings. The van der Waals surface area contributed by atoms with Crippen LogP contribution in [0.5, 0.6) is 0 Å². The van der Waals surface area contributed by atoms with Crippen molar-refractivity contribution in [2.24, 2.45) is 0 Å². The van der Waals surface area contributed by atoms with Gasteiger partial charge in [-0.1, -0.05) is 67.7 Å². The standard InChI is InChI=1S/C23H37O5P/c1-2-3-4-5-6-7-8-9-10-11-12-13-14-15-16-17-18-19-23-26-20-22(21-27-23)28-29(24)25/h3-4,6-7,9-10,12-13,15-16,22-25H,2,5,8,11,14,17-21H2,1H3/b4-3-,7-6-,10-9-,13-12-,16-15-. The molecule has 0 bridgehead atoms. The number of unbranched alkanes of at least 4 members (excludes halogenated alkanes) is 1. The van der Waals surface area contributed by atoms with Gasteiger partial charge in [0.2, 0.25) is 0 Å². The van der Waals surface area contributed by atoms with Gasteiger partial charge in [0.05, 0.1) is 13.2 Å². The average Bonchev–Trinajstić information content (AvgIpc) is 2.71. The van der Waals surface area contributed by atoms with Crippen LogP contribution in [0.1, 0.15) is 58.3 Å². The smallest absolute Gasteiger partial charge is 0.327 e. The third kappa shape index (κ3) is 16.4. The first-order valence-corrected chi connectivity index (χ1v) is 11.7. The molecule has 0 unspecified atom stereocenters. The normalized spacial score (nSPS) is 21.2. The van der Waals surface area contributed by atoms with Gasteiger partial charge in [-0.05, 0) is 51.4 Å². The minimum atomic E-state index is -2.35. The van der Waals surface area contributed by atoms with Gasteiger partial charge in [-0.3, -0.25) is 0 Å². The van der Waals surface area contributed by atoms with Gasteiger partial charge < -0.3 is 23.8 Å². The minimum absolute atomic E-state index is 0.221. The second kappa shape index (κ2) is 18.9. The van der Waals surface area contributed by atoms with Crippen LogP contribution in [0.4, 0.5) is 0 Å². The Morgan fingerprint density at radius 1 is 0.793 bits per heavy atom. The topological polar surface area (TPSA) is 68.2 Å². The minimum Gasteiger partial charge on any atom is -0.350 e. The highest BCUT2D eigenvalue weighted by molar-refractivity contribution is 7.39. The van der Waals surface area contributed by atoms with Crippen molar-refractivity contribution in [3.63, 3.8) is 0 Å². The van der Waals surface area contributed by atoms with Crippen molar-refractivity contribution in [3.05, 3.63) is 60.8 Å². The van der Waals surface area contributed by atoms with Crippen LogP contribution in [-0.2, 0) is 14.0 Å². The summed E-state index contributed by atoms with van der Waals surface area (Å²) in [6.07, 6.45) is 29.3. The first-order chi connectivity index (χ1) is 14.2. The molecule has 6 heteroatoms. The van der Waals surface area contributed by atoms with Crippen LogP contribution in [0.15, 0.2) is 60.8 Å². The van der Waals surface area contributed by atoms with E-state index in [1.165, 1.54) is 0 Å². The van der Waals surface area contributed by atoms with Crippen molar-refractivity contribution in [3.8, 4) is 0 Å². The second-order valence-corrected chi connectivity index (χ2v) is 7.43. The van der Waals surface area contributed by atoms with E-state index in [-0.39, 0.29) is 6.29 Å². The Labute approximate surface area is 177 Å². The summed E-state index contributed by atoms with van der Waals surface area (Å²) < 4.78 is 15.9. The summed E-state index contributed by atoms with van der Waals surface area (Å²) in [4.78, 5) is 17.6. The lowest BCUT2D eigenvalue weighted by molar-refractivity contribution is -0.214. The molecule has 0 aliphatic carbocycles. The zero-order chi connectivity index (χ0) is 21.0. The van der Waals surface area contributed by atoms with Crippen LogP contribution < -0.4 is 0 Å². The van der Waals surface area contributed by atoms with E-state index in [0.717, 1.165) is 51.4 Å². The number of hydrogen-bond acceptors (Lipinski definition) is 5. The molecule has 1 heterocycles. The van der Waals surface area contributed by atoms with Crippen molar-refractivity contribution in [1.29, 1.82) is 0 Å². The van der Waals surface area contributed by atoms with Crippen LogP contribution in [0.25, 0.3) is 0 Å². The van der Waals surface area contributed by atoms with Crippen molar-refractivity contribution in [1.82, 2.24) is 0 Å². The quantitative estimate of drug-likeness (QED) is 0.195. The van der Waals surface area contributed by atoms with Gasteiger partial charge in [0.15, 0.2) is 6.29 Å². The Morgan fingerprint density at radius 2 is 1.28 bits per heavy atom. The molecule has 0 aromatic rings. The number of ether oxygens (including phenoxy) is 2. The maximum Gasteiger partial charge on any atom is 0.327 e. The fourth-order valence-electron chi connectivity index (χ4n) is 2.66. The molecule has 0 atom stereocenters. The highest BCUT2D eigenvalue weighted by atomic mass is 31.2. The maximum absolute atomic E-state index is 8.80. The molecule has 0 saturated carbocycles. The molecule has 5 nitrogen and oxygen atoms in total. The van der Waals surface area contributed by atoms with Gasteiger partial charge >= 0.3 is 8.60 Å². The summed E-state index contributed by atoms with van der Waals surface area (Å²) in [6.45, 7) is 2.83. The van der Waals surface area contributed by atoms with E-state index in [2.05, 4.69) is 67.7 Å². The van der Waals surface area contributed by atoms with E-state index in [0.29, 0.717) is 13.2 Å². The lowest BCUT2D eigenvalue weighted by atomic mass is 10.2. The molecule has 0 amide bonds. The summed E-state index contributed by atoms with van der Waals surface area (Å²) >= 11 is 0. The van der Waals surface area contributed by atoms with Crippen LogP contribution in [-0.4, -0.2) is 35.4 Å². The van der Waals surface area contributed by atoms with Gasteiger partial charge in [0.1, 0.15) is 6.10 Å². The highest BCUT2D eigenvalue weighted by Crippen LogP contribution is 2.28. The first kappa shape index (κ1) is 26.0. The Hall–Kier alpha value is -1.07. The Bertz CT molecular complexity index is 517. The third-order valence-electron chi connectivity index (χ3n) is 4.15. The number of allylic oxidation sites excluding steroid dienone is 10. The second-order valence-electron chi connectivity index (χ2n) is 6.72. The molecule has 0 aromatic carbocycles. The van der Waals surface area contributed by atoms with Crippen molar-refractivity contribution in [2.75, 3.05) is 13.2 Å². The van der Waals surface area contributed by atoms with Crippen LogP contribution in [0, 0.1) is 0 Å². The van der Waals surface area contributed by atoms with E-state index >= 15 is 0 Å². The molecule has 1 aliphatic heterocycles. The molecule has 0 radical (unpaired) electrons. The monoisotopic (exact) mass is 424 g/mol. The SMILES string of the molecule is CC/C=C\C/C=C\C/C=C\C/C=C\C/C=C\CCCC1OCC(OP(O)O)CO1. The molecule has 1 saturated heterocycles. The molecule has 164 valence electrons. The van der Waals surface area contributed by atoms with Crippen molar-refractivity contribution in [2.45, 2.75) is 70.7 Å². The molecular weight excluding hydrogens is 387 g/mol. The van der Waals surface area contributed by atoms with E-state index in [1.807, 2.05) is 0 Å². The van der Waals surface area contributed by atoms with Gasteiger partial charge in [-0.15, -0.1) is 0 Å². The largest absolute Gasteiger partial charge is 0.350 e. The van der Waals surface area contributed by atoms with Gasteiger partial charge in [0.25, 0.3) is 0 Å². The Kier molecular flexibility index (Phi) is 16.9. The first-order valence-electron chi connectivity index (χ1n) is 10.5. The zero-order valence-electron chi connectivity index (χ0n) is 17.6. The molecule has 29 heavy (non-hydrogen) atoms. The lowest BCUT2D eigenvalue weighted by Gasteiger charge is -2.29. The maximum atomic E-state index is 8.80. The lowest BCUT2D eigenvalue weighted by Crippen LogP contribution is -2.36. The summed E-state index contributed by atoms with van der Waals surface area (Å²) in [5, 5.41) is 0. The molecule has 2 N–H and O–H groups in total. The fourth-order valence-corrected chi connectivity index (χ4v) is 3.05. The summed E-state index contributed by atoms with van der Waals surface area (Å²) in [6, 6.07) is 0. The van der Waals surface area contributed by atoms with Gasteiger partial charge in [0, 0.05) is 0 Å². The summed E-state index contributed by atoms with van der Waals surface area (Å²) in [7, 11) is -2.35. The average molecular weight is 425 g/mol. The molecule has 0 spiro atoms. The van der Waals surface area contributed by atoms with E-state index in [1.54, 1.807) is 0 Å². The fraction of sp³-hybridized carbons (Fsp3) is 0.565. The molecule has 0 aromatic heterocycles. The number of hydrogen-bond donors (Lipinski definition) is 2. The Balaban J connectivity index is 1.94. The Morgan fingerprint density at radius 3 is 1.76 bits per heavy atom.